The van der Waals surface area contributed by atoms with E-state index >= 15 is 0 Å². The molecule has 4 N–H and O–H groups in total. The molecule has 0 unspecified atom stereocenters. The molecule has 6 nitrogen and oxygen atoms in total. The van der Waals surface area contributed by atoms with Gasteiger partial charge in [0.2, 0.25) is 5.91 Å². The van der Waals surface area contributed by atoms with E-state index in [2.05, 4.69) is 10.6 Å². The molecule has 0 heterocycles. The number of benzene rings is 2. The van der Waals surface area contributed by atoms with Crippen molar-refractivity contribution in [3.63, 3.8) is 0 Å². The minimum Gasteiger partial charge on any atom is -0.482 e. The van der Waals surface area contributed by atoms with Crippen molar-refractivity contribution in [2.45, 2.75) is 0 Å². The lowest BCUT2D eigenvalue weighted by atomic mass is 10.2. The van der Waals surface area contributed by atoms with Crippen molar-refractivity contribution in [1.29, 1.82) is 0 Å². The number of para-hydroxylation sites is 3. The average molecular weight is 334 g/mol. The molecule has 2 aromatic carbocycles. The molecule has 0 atom stereocenters. The van der Waals surface area contributed by atoms with Gasteiger partial charge in [-0.3, -0.25) is 9.59 Å². The van der Waals surface area contributed by atoms with Crippen LogP contribution in [0.15, 0.2) is 48.5 Å². The molecule has 0 aliphatic carbocycles. The normalized spacial score (nSPS) is 10.0. The molecule has 0 spiro atoms. The lowest BCUT2D eigenvalue weighted by molar-refractivity contribution is -0.118. The van der Waals surface area contributed by atoms with E-state index in [0.717, 1.165) is 0 Å². The van der Waals surface area contributed by atoms with Gasteiger partial charge in [-0.25, -0.2) is 0 Å². The zero-order chi connectivity index (χ0) is 16.7. The van der Waals surface area contributed by atoms with E-state index in [0.29, 0.717) is 22.1 Å². The fourth-order valence-electron chi connectivity index (χ4n) is 1.79. The highest BCUT2D eigenvalue weighted by atomic mass is 35.5. The van der Waals surface area contributed by atoms with Crippen LogP contribution in [0, 0.1) is 0 Å². The molecule has 7 heteroatoms. The predicted molar refractivity (Wildman–Crippen MR) is 89.7 cm³/mol. The van der Waals surface area contributed by atoms with Crippen LogP contribution in [0.3, 0.4) is 0 Å². The number of halogens is 1. The summed E-state index contributed by atoms with van der Waals surface area (Å²) in [4.78, 5) is 23.4. The first-order valence-corrected chi connectivity index (χ1v) is 7.24. The number of carbonyl (C=O) groups excluding carboxylic acids is 2. The Balaban J connectivity index is 1.98. The van der Waals surface area contributed by atoms with Crippen molar-refractivity contribution in [1.82, 2.24) is 0 Å². The highest BCUT2D eigenvalue weighted by Crippen LogP contribution is 2.23. The summed E-state index contributed by atoms with van der Waals surface area (Å²) in [6, 6.07) is 13.7. The highest BCUT2D eigenvalue weighted by Gasteiger charge is 2.10. The van der Waals surface area contributed by atoms with E-state index in [1.54, 1.807) is 48.5 Å². The second-order valence-corrected chi connectivity index (χ2v) is 4.97. The maximum atomic E-state index is 12.0. The number of ether oxygens (including phenoxy) is 1. The maximum absolute atomic E-state index is 12.0. The molecule has 0 fully saturated rings. The van der Waals surface area contributed by atoms with Crippen LogP contribution in [0.2, 0.25) is 5.02 Å². The van der Waals surface area contributed by atoms with E-state index < -0.39 is 0 Å². The number of carbonyl (C=O) groups is 2. The van der Waals surface area contributed by atoms with Gasteiger partial charge in [0.15, 0.2) is 6.61 Å². The number of anilines is 2. The Kier molecular flexibility index (Phi) is 5.96. The Morgan fingerprint density at radius 2 is 1.52 bits per heavy atom. The van der Waals surface area contributed by atoms with E-state index in [1.807, 2.05) is 0 Å². The van der Waals surface area contributed by atoms with Gasteiger partial charge in [-0.1, -0.05) is 35.9 Å². The van der Waals surface area contributed by atoms with Crippen molar-refractivity contribution < 1.29 is 14.3 Å². The lowest BCUT2D eigenvalue weighted by Crippen LogP contribution is -2.24. The van der Waals surface area contributed by atoms with Gasteiger partial charge in [0.1, 0.15) is 5.75 Å². The van der Waals surface area contributed by atoms with Crippen LogP contribution >= 0.6 is 11.6 Å². The maximum Gasteiger partial charge on any atom is 0.262 e. The van der Waals surface area contributed by atoms with Gasteiger partial charge < -0.3 is 21.1 Å². The molecule has 2 aromatic rings. The minimum atomic E-state index is -0.376. The summed E-state index contributed by atoms with van der Waals surface area (Å²) in [6.07, 6.45) is 0. The quantitative estimate of drug-likeness (QED) is 0.755. The molecular formula is C16H16ClN3O3. The standard InChI is InChI=1S/C16H16ClN3O3/c17-11-5-1-4-8-14(11)23-10-16(22)20-13-7-3-2-6-12(13)19-15(21)9-18/h1-8H,9-10,18H2,(H,19,21)(H,20,22). The Bertz CT molecular complexity index is 706. The van der Waals surface area contributed by atoms with Crippen LogP contribution in [0.4, 0.5) is 11.4 Å². The van der Waals surface area contributed by atoms with Crippen LogP contribution in [0.25, 0.3) is 0 Å². The van der Waals surface area contributed by atoms with Gasteiger partial charge in [-0.15, -0.1) is 0 Å². The average Bonchev–Trinajstić information content (AvgIpc) is 2.56. The second kappa shape index (κ2) is 8.17. The molecule has 0 saturated carbocycles. The van der Waals surface area contributed by atoms with Gasteiger partial charge in [0.25, 0.3) is 5.91 Å². The number of nitrogens with two attached hydrogens (primary N) is 1. The summed E-state index contributed by atoms with van der Waals surface area (Å²) >= 11 is 5.95. The Labute approximate surface area is 138 Å². The molecule has 120 valence electrons. The smallest absolute Gasteiger partial charge is 0.262 e. The monoisotopic (exact) mass is 333 g/mol. The highest BCUT2D eigenvalue weighted by molar-refractivity contribution is 6.32. The molecule has 0 aliphatic rings. The van der Waals surface area contributed by atoms with Crippen LogP contribution in [0.1, 0.15) is 0 Å². The van der Waals surface area contributed by atoms with Crippen LogP contribution < -0.4 is 21.1 Å². The Hall–Kier alpha value is -2.57. The summed E-state index contributed by atoms with van der Waals surface area (Å²) in [6.45, 7) is -0.346. The molecule has 0 aromatic heterocycles. The Morgan fingerprint density at radius 3 is 2.13 bits per heavy atom. The van der Waals surface area contributed by atoms with Crippen molar-refractivity contribution in [3.05, 3.63) is 53.6 Å². The van der Waals surface area contributed by atoms with Crippen LogP contribution in [0.5, 0.6) is 5.75 Å². The molecule has 0 saturated heterocycles. The van der Waals surface area contributed by atoms with Crippen molar-refractivity contribution in [3.8, 4) is 5.75 Å². The molecule has 2 rings (SSSR count). The molecule has 23 heavy (non-hydrogen) atoms. The van der Waals surface area contributed by atoms with E-state index in [4.69, 9.17) is 22.1 Å². The molecular weight excluding hydrogens is 318 g/mol. The van der Waals surface area contributed by atoms with Crippen molar-refractivity contribution in [2.24, 2.45) is 5.73 Å². The van der Waals surface area contributed by atoms with E-state index in [9.17, 15) is 9.59 Å². The van der Waals surface area contributed by atoms with Gasteiger partial charge in [-0.05, 0) is 24.3 Å². The zero-order valence-electron chi connectivity index (χ0n) is 12.2. The number of nitrogens with one attached hydrogen (secondary N) is 2. The molecule has 2 amide bonds. The number of hydrogen-bond acceptors (Lipinski definition) is 4. The van der Waals surface area contributed by atoms with Crippen molar-refractivity contribution >= 4 is 34.8 Å². The zero-order valence-corrected chi connectivity index (χ0v) is 13.0. The van der Waals surface area contributed by atoms with E-state index in [1.165, 1.54) is 0 Å². The van der Waals surface area contributed by atoms with Crippen LogP contribution in [-0.2, 0) is 9.59 Å². The second-order valence-electron chi connectivity index (χ2n) is 4.57. The molecule has 0 radical (unpaired) electrons. The summed E-state index contributed by atoms with van der Waals surface area (Å²) < 4.78 is 5.36. The number of amides is 2. The SMILES string of the molecule is NCC(=O)Nc1ccccc1NC(=O)COc1ccccc1Cl. The van der Waals surface area contributed by atoms with Gasteiger partial charge >= 0.3 is 0 Å². The lowest BCUT2D eigenvalue weighted by Gasteiger charge is -2.12. The fourth-order valence-corrected chi connectivity index (χ4v) is 1.98. The topological polar surface area (TPSA) is 93.5 Å². The number of hydrogen-bond donors (Lipinski definition) is 3. The van der Waals surface area contributed by atoms with Crippen molar-refractivity contribution in [2.75, 3.05) is 23.8 Å². The minimum absolute atomic E-state index is 0.141. The fraction of sp³-hybridized carbons (Fsp3) is 0.125. The Morgan fingerprint density at radius 1 is 0.957 bits per heavy atom. The van der Waals surface area contributed by atoms with Gasteiger partial charge in [0.05, 0.1) is 22.9 Å². The summed E-state index contributed by atoms with van der Waals surface area (Å²) in [5.74, 6) is -0.299. The van der Waals surface area contributed by atoms with Crippen LogP contribution in [-0.4, -0.2) is 25.0 Å². The molecule has 0 aliphatic heterocycles. The largest absolute Gasteiger partial charge is 0.482 e. The first-order chi connectivity index (χ1) is 11.1. The summed E-state index contributed by atoms with van der Waals surface area (Å²) in [5.41, 5.74) is 6.19. The molecule has 0 bridgehead atoms. The third-order valence-corrected chi connectivity index (χ3v) is 3.17. The third kappa shape index (κ3) is 4.98. The third-order valence-electron chi connectivity index (χ3n) is 2.86. The van der Waals surface area contributed by atoms with E-state index in [-0.39, 0.29) is 25.0 Å². The first kappa shape index (κ1) is 16.8. The summed E-state index contributed by atoms with van der Waals surface area (Å²) in [7, 11) is 0. The predicted octanol–water partition coefficient (Wildman–Crippen LogP) is 2.25. The summed E-state index contributed by atoms with van der Waals surface area (Å²) in [5, 5.41) is 5.70. The first-order valence-electron chi connectivity index (χ1n) is 6.86. The van der Waals surface area contributed by atoms with Gasteiger partial charge in [0, 0.05) is 0 Å². The number of rotatable bonds is 6. The van der Waals surface area contributed by atoms with Gasteiger partial charge in [-0.2, -0.15) is 0 Å².